The van der Waals surface area contributed by atoms with E-state index in [0.717, 1.165) is 5.56 Å². The fourth-order valence-corrected chi connectivity index (χ4v) is 3.19. The molecule has 0 aliphatic heterocycles. The minimum Gasteiger partial charge on any atom is -0.508 e. The fourth-order valence-electron chi connectivity index (χ4n) is 3.19. The van der Waals surface area contributed by atoms with Crippen LogP contribution >= 0.6 is 0 Å². The summed E-state index contributed by atoms with van der Waals surface area (Å²) in [4.78, 5) is 24.5. The summed E-state index contributed by atoms with van der Waals surface area (Å²) in [7, 11) is 0. The van der Waals surface area contributed by atoms with Gasteiger partial charge in [0.2, 0.25) is 0 Å². The number of phenolic OH excluding ortho intramolecular Hbond substituents is 1. The second kappa shape index (κ2) is 8.39. The SMILES string of the molecule is Cc1ccccc1C(=O)CC(Nc1ccccc1C(=O)O)c1ccccc1O. The molecule has 0 spiro atoms. The molecule has 3 N–H and O–H groups in total. The van der Waals surface area contributed by atoms with E-state index in [1.165, 1.54) is 6.07 Å². The van der Waals surface area contributed by atoms with Gasteiger partial charge >= 0.3 is 5.97 Å². The number of aryl methyl sites for hydroxylation is 1. The number of aromatic hydroxyl groups is 1. The minimum atomic E-state index is -1.07. The highest BCUT2D eigenvalue weighted by Crippen LogP contribution is 2.32. The van der Waals surface area contributed by atoms with Crippen LogP contribution in [0.2, 0.25) is 0 Å². The summed E-state index contributed by atoms with van der Waals surface area (Å²) < 4.78 is 0. The van der Waals surface area contributed by atoms with Crippen molar-refractivity contribution in [2.24, 2.45) is 0 Å². The number of rotatable bonds is 7. The standard InChI is InChI=1S/C23H21NO4/c1-15-8-2-3-9-16(15)22(26)14-20(17-10-5-7-13-21(17)25)24-19-12-6-4-11-18(19)23(27)28/h2-13,20,24-25H,14H2,1H3,(H,27,28). The maximum absolute atomic E-state index is 12.9. The van der Waals surface area contributed by atoms with Crippen molar-refractivity contribution in [3.05, 3.63) is 95.1 Å². The summed E-state index contributed by atoms with van der Waals surface area (Å²) in [6, 6.07) is 20.0. The normalized spacial score (nSPS) is 11.6. The van der Waals surface area contributed by atoms with Crippen LogP contribution in [0.3, 0.4) is 0 Å². The lowest BCUT2D eigenvalue weighted by Crippen LogP contribution is -2.18. The molecule has 1 atom stereocenters. The predicted molar refractivity (Wildman–Crippen MR) is 108 cm³/mol. The van der Waals surface area contributed by atoms with Crippen LogP contribution in [0, 0.1) is 6.92 Å². The third kappa shape index (κ3) is 4.20. The van der Waals surface area contributed by atoms with Crippen molar-refractivity contribution < 1.29 is 19.8 Å². The molecule has 0 aliphatic carbocycles. The average molecular weight is 375 g/mol. The first-order valence-corrected chi connectivity index (χ1v) is 8.93. The second-order valence-corrected chi connectivity index (χ2v) is 6.55. The van der Waals surface area contributed by atoms with Crippen molar-refractivity contribution in [3.63, 3.8) is 0 Å². The lowest BCUT2D eigenvalue weighted by molar-refractivity contribution is 0.0697. The summed E-state index contributed by atoms with van der Waals surface area (Å²) in [5.41, 5.74) is 2.50. The fraction of sp³-hybridized carbons (Fsp3) is 0.130. The number of ketones is 1. The number of carbonyl (C=O) groups is 2. The van der Waals surface area contributed by atoms with Gasteiger partial charge in [0.05, 0.1) is 11.6 Å². The molecule has 0 fully saturated rings. The number of anilines is 1. The van der Waals surface area contributed by atoms with Crippen molar-refractivity contribution in [2.45, 2.75) is 19.4 Å². The number of Topliss-reactive ketones (excluding diaryl/α,β-unsaturated/α-hetero) is 1. The van der Waals surface area contributed by atoms with Crippen LogP contribution in [0.25, 0.3) is 0 Å². The Bertz CT molecular complexity index is 1010. The van der Waals surface area contributed by atoms with Crippen molar-refractivity contribution in [1.29, 1.82) is 0 Å². The Morgan fingerprint density at radius 2 is 1.50 bits per heavy atom. The number of hydrogen-bond donors (Lipinski definition) is 3. The Morgan fingerprint density at radius 1 is 0.893 bits per heavy atom. The predicted octanol–water partition coefficient (Wildman–Crippen LogP) is 4.83. The Morgan fingerprint density at radius 3 is 2.18 bits per heavy atom. The van der Waals surface area contributed by atoms with Crippen molar-refractivity contribution >= 4 is 17.4 Å². The molecule has 1 unspecified atom stereocenters. The highest BCUT2D eigenvalue weighted by atomic mass is 16.4. The molecule has 3 aromatic rings. The Balaban J connectivity index is 1.97. The Hall–Kier alpha value is -3.60. The van der Waals surface area contributed by atoms with E-state index in [1.807, 2.05) is 25.1 Å². The molecule has 0 heterocycles. The molecule has 5 nitrogen and oxygen atoms in total. The molecule has 142 valence electrons. The van der Waals surface area contributed by atoms with E-state index in [1.54, 1.807) is 48.5 Å². The van der Waals surface area contributed by atoms with Crippen molar-refractivity contribution in [1.82, 2.24) is 0 Å². The van der Waals surface area contributed by atoms with E-state index in [9.17, 15) is 19.8 Å². The van der Waals surface area contributed by atoms with Crippen LogP contribution in [0.4, 0.5) is 5.69 Å². The third-order valence-corrected chi connectivity index (χ3v) is 4.63. The zero-order valence-corrected chi connectivity index (χ0v) is 15.4. The maximum atomic E-state index is 12.9. The number of carboxylic acid groups (broad SMARTS) is 1. The number of benzene rings is 3. The van der Waals surface area contributed by atoms with Gasteiger partial charge in [-0.3, -0.25) is 4.79 Å². The van der Waals surface area contributed by atoms with Gasteiger partial charge in [0.25, 0.3) is 0 Å². The van der Waals surface area contributed by atoms with Gasteiger partial charge in [-0.25, -0.2) is 4.79 Å². The summed E-state index contributed by atoms with van der Waals surface area (Å²) >= 11 is 0. The number of nitrogens with one attached hydrogen (secondary N) is 1. The highest BCUT2D eigenvalue weighted by Gasteiger charge is 2.22. The quantitative estimate of drug-likeness (QED) is 0.515. The van der Waals surface area contributed by atoms with E-state index in [0.29, 0.717) is 16.8 Å². The molecule has 0 amide bonds. The number of hydrogen-bond acceptors (Lipinski definition) is 4. The van der Waals surface area contributed by atoms with Gasteiger partial charge in [-0.1, -0.05) is 54.6 Å². The van der Waals surface area contributed by atoms with Gasteiger partial charge in [-0.2, -0.15) is 0 Å². The zero-order valence-electron chi connectivity index (χ0n) is 15.4. The van der Waals surface area contributed by atoms with Crippen molar-refractivity contribution in [3.8, 4) is 5.75 Å². The first-order valence-electron chi connectivity index (χ1n) is 8.93. The van der Waals surface area contributed by atoms with Crippen LogP contribution < -0.4 is 5.32 Å². The zero-order chi connectivity index (χ0) is 20.1. The largest absolute Gasteiger partial charge is 0.508 e. The lowest BCUT2D eigenvalue weighted by Gasteiger charge is -2.22. The first kappa shape index (κ1) is 19.2. The van der Waals surface area contributed by atoms with Crippen LogP contribution in [0.15, 0.2) is 72.8 Å². The lowest BCUT2D eigenvalue weighted by atomic mass is 9.94. The summed E-state index contributed by atoms with van der Waals surface area (Å²) in [6.45, 7) is 1.87. The minimum absolute atomic E-state index is 0.0467. The molecule has 0 saturated heterocycles. The van der Waals surface area contributed by atoms with E-state index < -0.39 is 12.0 Å². The van der Waals surface area contributed by atoms with Gasteiger partial charge in [-0.05, 0) is 30.7 Å². The van der Waals surface area contributed by atoms with Gasteiger partial charge < -0.3 is 15.5 Å². The molecular formula is C23H21NO4. The van der Waals surface area contributed by atoms with Crippen molar-refractivity contribution in [2.75, 3.05) is 5.32 Å². The number of phenols is 1. The van der Waals surface area contributed by atoms with Crippen LogP contribution in [0.5, 0.6) is 5.75 Å². The summed E-state index contributed by atoms with van der Waals surface area (Å²) in [6.07, 6.45) is 0.0659. The van der Waals surface area contributed by atoms with Gasteiger partial charge in [0.15, 0.2) is 5.78 Å². The molecular weight excluding hydrogens is 354 g/mol. The van der Waals surface area contributed by atoms with Gasteiger partial charge in [0, 0.05) is 23.2 Å². The average Bonchev–Trinajstić information content (AvgIpc) is 2.68. The molecule has 0 saturated carbocycles. The first-order chi connectivity index (χ1) is 13.5. The number of carbonyl (C=O) groups excluding carboxylic acids is 1. The topological polar surface area (TPSA) is 86.6 Å². The third-order valence-electron chi connectivity index (χ3n) is 4.63. The van der Waals surface area contributed by atoms with Crippen LogP contribution in [-0.4, -0.2) is 22.0 Å². The monoisotopic (exact) mass is 375 g/mol. The number of aromatic carboxylic acids is 1. The van der Waals surface area contributed by atoms with Crippen LogP contribution in [0.1, 0.15) is 44.3 Å². The van der Waals surface area contributed by atoms with E-state index >= 15 is 0 Å². The maximum Gasteiger partial charge on any atom is 0.337 e. The number of para-hydroxylation sites is 2. The molecule has 28 heavy (non-hydrogen) atoms. The van der Waals surface area contributed by atoms with Gasteiger partial charge in [-0.15, -0.1) is 0 Å². The van der Waals surface area contributed by atoms with Gasteiger partial charge in [0.1, 0.15) is 5.75 Å². The molecule has 0 radical (unpaired) electrons. The molecule has 5 heteroatoms. The number of carboxylic acids is 1. The Kier molecular flexibility index (Phi) is 5.75. The van der Waals surface area contributed by atoms with E-state index in [2.05, 4.69) is 5.32 Å². The van der Waals surface area contributed by atoms with Crippen LogP contribution in [-0.2, 0) is 0 Å². The molecule has 0 bridgehead atoms. The molecule has 3 rings (SSSR count). The Labute approximate surface area is 163 Å². The summed E-state index contributed by atoms with van der Waals surface area (Å²) in [5.74, 6) is -1.11. The summed E-state index contributed by atoms with van der Waals surface area (Å²) in [5, 5.41) is 22.9. The highest BCUT2D eigenvalue weighted by molar-refractivity contribution is 5.98. The molecule has 3 aromatic carbocycles. The van der Waals surface area contributed by atoms with E-state index in [-0.39, 0.29) is 23.5 Å². The van der Waals surface area contributed by atoms with E-state index in [4.69, 9.17) is 0 Å². The molecule has 0 aromatic heterocycles. The molecule has 0 aliphatic rings. The smallest absolute Gasteiger partial charge is 0.337 e. The second-order valence-electron chi connectivity index (χ2n) is 6.55.